The Morgan fingerprint density at radius 2 is 1.78 bits per heavy atom. The van der Waals surface area contributed by atoms with E-state index < -0.39 is 36.5 Å². The van der Waals surface area contributed by atoms with E-state index in [0.717, 1.165) is 0 Å². The molecule has 106 valence electrons. The highest BCUT2D eigenvalue weighted by Crippen LogP contribution is 2.52. The van der Waals surface area contributed by atoms with Gasteiger partial charge in [-0.3, -0.25) is 0 Å². The number of halogens is 7. The predicted molar refractivity (Wildman–Crippen MR) is 41.9 cm³/mol. The second-order valence-corrected chi connectivity index (χ2v) is 3.50. The summed E-state index contributed by atoms with van der Waals surface area (Å²) in [6.45, 7) is 0.631. The Morgan fingerprint density at radius 1 is 1.28 bits per heavy atom. The van der Waals surface area contributed by atoms with Crippen LogP contribution >= 0.6 is 0 Å². The molecule has 1 aliphatic rings. The zero-order valence-corrected chi connectivity index (χ0v) is 8.48. The molecule has 1 fully saturated rings. The van der Waals surface area contributed by atoms with Gasteiger partial charge in [-0.1, -0.05) is 6.58 Å². The maximum atomic E-state index is 13.3. The first-order chi connectivity index (χ1) is 7.90. The summed E-state index contributed by atoms with van der Waals surface area (Å²) >= 11 is 0. The van der Waals surface area contributed by atoms with Crippen LogP contribution in [0.2, 0.25) is 0 Å². The normalized spacial score (nSPS) is 35.0. The predicted octanol–water partition coefficient (Wildman–Crippen LogP) is 2.07. The van der Waals surface area contributed by atoms with Gasteiger partial charge in [0.25, 0.3) is 0 Å². The molecule has 10 heteroatoms. The Balaban J connectivity index is 3.27. The first-order valence-electron chi connectivity index (χ1n) is 4.35. The van der Waals surface area contributed by atoms with Crippen molar-refractivity contribution in [2.24, 2.45) is 0 Å². The van der Waals surface area contributed by atoms with Crippen LogP contribution in [-0.4, -0.2) is 41.6 Å². The van der Waals surface area contributed by atoms with E-state index in [9.17, 15) is 30.7 Å². The van der Waals surface area contributed by atoms with Gasteiger partial charge < -0.3 is 14.6 Å². The first-order valence-corrected chi connectivity index (χ1v) is 4.35. The van der Waals surface area contributed by atoms with Crippen LogP contribution in [-0.2, 0) is 9.47 Å². The van der Waals surface area contributed by atoms with Crippen molar-refractivity contribution >= 4 is 0 Å². The van der Waals surface area contributed by atoms with E-state index in [1.165, 1.54) is 0 Å². The molecule has 2 atom stereocenters. The van der Waals surface area contributed by atoms with Crippen LogP contribution in [0.5, 0.6) is 0 Å². The lowest BCUT2D eigenvalue weighted by Crippen LogP contribution is -2.73. The largest absolute Gasteiger partial charge is 0.486 e. The molecule has 0 aromatic heterocycles. The van der Waals surface area contributed by atoms with Crippen molar-refractivity contribution < 1.29 is 45.3 Å². The summed E-state index contributed by atoms with van der Waals surface area (Å²) in [4.78, 5) is 0. The maximum Gasteiger partial charge on any atom is 0.449 e. The van der Waals surface area contributed by atoms with Crippen LogP contribution in [0.1, 0.15) is 0 Å². The Bertz CT molecular complexity index is 340. The molecule has 0 spiro atoms. The van der Waals surface area contributed by atoms with Crippen LogP contribution in [0.4, 0.5) is 30.7 Å². The summed E-state index contributed by atoms with van der Waals surface area (Å²) < 4.78 is 96.6. The van der Waals surface area contributed by atoms with Gasteiger partial charge in [-0.05, 0) is 0 Å². The summed E-state index contributed by atoms with van der Waals surface area (Å²) in [6.07, 6.45) is -9.38. The molecular formula is C8H7F7O3. The number of ether oxygens (including phenoxy) is 2. The Morgan fingerprint density at radius 3 is 2.17 bits per heavy atom. The molecule has 18 heavy (non-hydrogen) atoms. The minimum absolute atomic E-state index is 0.134. The molecule has 0 bridgehead atoms. The fourth-order valence-electron chi connectivity index (χ4n) is 1.37. The molecule has 1 rings (SSSR count). The monoisotopic (exact) mass is 284 g/mol. The van der Waals surface area contributed by atoms with Crippen molar-refractivity contribution in [2.75, 3.05) is 6.61 Å². The summed E-state index contributed by atoms with van der Waals surface area (Å²) in [5.41, 5.74) is 0. The second-order valence-electron chi connectivity index (χ2n) is 3.50. The van der Waals surface area contributed by atoms with Gasteiger partial charge >= 0.3 is 23.8 Å². The third-order valence-electron chi connectivity index (χ3n) is 2.25. The van der Waals surface area contributed by atoms with Crippen molar-refractivity contribution in [3.05, 3.63) is 12.8 Å². The molecule has 3 nitrogen and oxygen atoms in total. The van der Waals surface area contributed by atoms with Crippen molar-refractivity contribution in [1.82, 2.24) is 0 Å². The quantitative estimate of drug-likeness (QED) is 0.623. The summed E-state index contributed by atoms with van der Waals surface area (Å²) in [6, 6.07) is 0. The van der Waals surface area contributed by atoms with E-state index in [1.807, 2.05) is 0 Å². The van der Waals surface area contributed by atoms with Crippen LogP contribution < -0.4 is 0 Å². The lowest BCUT2D eigenvalue weighted by molar-refractivity contribution is -0.480. The first kappa shape index (κ1) is 15.0. The van der Waals surface area contributed by atoms with Crippen LogP contribution in [0, 0.1) is 0 Å². The van der Waals surface area contributed by atoms with Gasteiger partial charge in [-0.25, -0.2) is 0 Å². The minimum atomic E-state index is -5.98. The van der Waals surface area contributed by atoms with Crippen LogP contribution in [0.25, 0.3) is 0 Å². The number of rotatable bonds is 2. The topological polar surface area (TPSA) is 38.7 Å². The molecule has 0 amide bonds. The van der Waals surface area contributed by atoms with Crippen LogP contribution in [0.15, 0.2) is 12.8 Å². The van der Waals surface area contributed by atoms with E-state index in [-0.39, 0.29) is 6.26 Å². The Hall–Kier alpha value is -1.03. The van der Waals surface area contributed by atoms with E-state index in [2.05, 4.69) is 16.1 Å². The van der Waals surface area contributed by atoms with Crippen molar-refractivity contribution in [2.45, 2.75) is 29.9 Å². The van der Waals surface area contributed by atoms with Crippen LogP contribution in [0.3, 0.4) is 0 Å². The maximum absolute atomic E-state index is 13.3. The fraction of sp³-hybridized carbons (Fsp3) is 0.750. The summed E-state index contributed by atoms with van der Waals surface area (Å²) in [5.74, 6) is -14.9. The molecule has 0 aliphatic carbocycles. The van der Waals surface area contributed by atoms with Gasteiger partial charge in [-0.15, -0.1) is 0 Å². The molecule has 0 aromatic rings. The summed E-state index contributed by atoms with van der Waals surface area (Å²) in [5, 5.41) is 8.82. The molecule has 1 N–H and O–H groups in total. The standard InChI is InChI=1S/C8H7F7O3/c1-2-17-4-5(9,10)3-18-7(16,6(4,11)12)8(13,14)15/h2,4,16H,1,3H2. The Kier molecular flexibility index (Phi) is 3.33. The number of aliphatic hydroxyl groups is 1. The molecule has 0 aromatic carbocycles. The SMILES string of the molecule is C=COC1C(F)(F)COC(O)(C(F)(F)F)C1(F)F. The lowest BCUT2D eigenvalue weighted by atomic mass is 9.94. The minimum Gasteiger partial charge on any atom is -0.486 e. The van der Waals surface area contributed by atoms with Crippen molar-refractivity contribution in [3.63, 3.8) is 0 Å². The third kappa shape index (κ3) is 1.92. The highest BCUT2D eigenvalue weighted by atomic mass is 19.4. The number of alkyl halides is 7. The molecule has 0 saturated carbocycles. The molecule has 0 radical (unpaired) electrons. The number of hydrogen-bond acceptors (Lipinski definition) is 3. The van der Waals surface area contributed by atoms with E-state index in [1.54, 1.807) is 0 Å². The zero-order valence-electron chi connectivity index (χ0n) is 8.48. The van der Waals surface area contributed by atoms with E-state index >= 15 is 0 Å². The van der Waals surface area contributed by atoms with Gasteiger partial charge in [0.1, 0.15) is 6.61 Å². The van der Waals surface area contributed by atoms with Gasteiger partial charge in [0, 0.05) is 0 Å². The van der Waals surface area contributed by atoms with Gasteiger partial charge in [-0.2, -0.15) is 30.7 Å². The molecular weight excluding hydrogens is 277 g/mol. The van der Waals surface area contributed by atoms with Crippen molar-refractivity contribution in [3.8, 4) is 0 Å². The van der Waals surface area contributed by atoms with Gasteiger partial charge in [0.15, 0.2) is 0 Å². The average Bonchev–Trinajstić information content (AvgIpc) is 2.18. The fourth-order valence-corrected chi connectivity index (χ4v) is 1.37. The third-order valence-corrected chi connectivity index (χ3v) is 2.25. The lowest BCUT2D eigenvalue weighted by Gasteiger charge is -2.46. The van der Waals surface area contributed by atoms with Gasteiger partial charge in [0.2, 0.25) is 6.10 Å². The van der Waals surface area contributed by atoms with Gasteiger partial charge in [0.05, 0.1) is 6.26 Å². The Labute approximate surface area is 95.8 Å². The number of hydrogen-bond donors (Lipinski definition) is 1. The second kappa shape index (κ2) is 3.98. The summed E-state index contributed by atoms with van der Waals surface area (Å²) in [7, 11) is 0. The van der Waals surface area contributed by atoms with E-state index in [4.69, 9.17) is 5.11 Å². The molecule has 2 unspecified atom stereocenters. The smallest absolute Gasteiger partial charge is 0.449 e. The molecule has 1 heterocycles. The highest BCUT2D eigenvalue weighted by Gasteiger charge is 2.81. The van der Waals surface area contributed by atoms with E-state index in [0.29, 0.717) is 0 Å². The molecule has 1 aliphatic heterocycles. The average molecular weight is 284 g/mol. The zero-order chi connectivity index (χ0) is 14.4. The molecule has 1 saturated heterocycles. The van der Waals surface area contributed by atoms with Crippen molar-refractivity contribution in [1.29, 1.82) is 0 Å². The highest BCUT2D eigenvalue weighted by molar-refractivity contribution is 5.06.